The Kier molecular flexibility index (Phi) is 6.90. The largest absolute Gasteiger partial charge is 0.494 e. The second-order valence-corrected chi connectivity index (χ2v) is 6.59. The summed E-state index contributed by atoms with van der Waals surface area (Å²) in [6, 6.07) is 8.90. The van der Waals surface area contributed by atoms with Crippen molar-refractivity contribution in [2.24, 2.45) is 0 Å². The van der Waals surface area contributed by atoms with Gasteiger partial charge in [-0.15, -0.1) is 0 Å². The minimum Gasteiger partial charge on any atom is -0.494 e. The molecule has 1 aliphatic rings. The fraction of sp³-hybridized carbons (Fsp3) is 0.632. The highest BCUT2D eigenvalue weighted by Gasteiger charge is 2.24. The number of rotatable bonds is 7. The van der Waals surface area contributed by atoms with Gasteiger partial charge < -0.3 is 15.0 Å². The summed E-state index contributed by atoms with van der Waals surface area (Å²) in [5.41, 5.74) is 1.11. The molecular formula is C19H30N2O2. The van der Waals surface area contributed by atoms with Crippen molar-refractivity contribution in [3.63, 3.8) is 0 Å². The number of nitrogens with zero attached hydrogens (tertiary/aromatic N) is 1. The first-order chi connectivity index (χ1) is 11.1. The Hall–Kier alpha value is -1.55. The number of ether oxygens (including phenoxy) is 1. The summed E-state index contributed by atoms with van der Waals surface area (Å²) in [7, 11) is 4.25. The zero-order valence-corrected chi connectivity index (χ0v) is 14.7. The molecule has 4 nitrogen and oxygen atoms in total. The number of hydrogen-bond acceptors (Lipinski definition) is 3. The fourth-order valence-corrected chi connectivity index (χ4v) is 3.32. The van der Waals surface area contributed by atoms with Crippen molar-refractivity contribution in [1.29, 1.82) is 0 Å². The summed E-state index contributed by atoms with van der Waals surface area (Å²) in [6.07, 6.45) is 5.85. The molecule has 1 N–H and O–H groups in total. The summed E-state index contributed by atoms with van der Waals surface area (Å²) >= 11 is 0. The van der Waals surface area contributed by atoms with Crippen molar-refractivity contribution in [1.82, 2.24) is 10.2 Å². The Balaban J connectivity index is 1.81. The second-order valence-electron chi connectivity index (χ2n) is 6.59. The monoisotopic (exact) mass is 318 g/mol. The number of carbonyl (C=O) groups excluding carboxylic acids is 1. The number of aryl methyl sites for hydroxylation is 1. The van der Waals surface area contributed by atoms with Crippen molar-refractivity contribution in [2.45, 2.75) is 57.5 Å². The third kappa shape index (κ3) is 5.54. The first-order valence-corrected chi connectivity index (χ1v) is 8.76. The number of amides is 1. The molecule has 1 aromatic rings. The minimum atomic E-state index is 0.153. The molecule has 0 radical (unpaired) electrons. The van der Waals surface area contributed by atoms with E-state index < -0.39 is 0 Å². The summed E-state index contributed by atoms with van der Waals surface area (Å²) in [5.74, 6) is 1.05. The Morgan fingerprint density at radius 2 is 2.09 bits per heavy atom. The van der Waals surface area contributed by atoms with E-state index >= 15 is 0 Å². The number of nitrogens with one attached hydrogen (secondary N) is 1. The maximum atomic E-state index is 12.3. The van der Waals surface area contributed by atoms with Gasteiger partial charge in [0, 0.05) is 18.5 Å². The summed E-state index contributed by atoms with van der Waals surface area (Å²) in [6.45, 7) is 2.63. The third-order valence-corrected chi connectivity index (χ3v) is 4.64. The van der Waals surface area contributed by atoms with Crippen LogP contribution in [0.25, 0.3) is 0 Å². The molecule has 0 aromatic heterocycles. The predicted molar refractivity (Wildman–Crippen MR) is 93.8 cm³/mol. The third-order valence-electron chi connectivity index (χ3n) is 4.64. The van der Waals surface area contributed by atoms with Crippen LogP contribution in [0, 0.1) is 0 Å². The van der Waals surface area contributed by atoms with Crippen LogP contribution >= 0.6 is 0 Å². The zero-order valence-electron chi connectivity index (χ0n) is 14.7. The summed E-state index contributed by atoms with van der Waals surface area (Å²) < 4.78 is 5.62. The van der Waals surface area contributed by atoms with Crippen LogP contribution in [0.3, 0.4) is 0 Å². The van der Waals surface area contributed by atoms with Gasteiger partial charge >= 0.3 is 0 Å². The molecule has 128 valence electrons. The molecule has 23 heavy (non-hydrogen) atoms. The molecule has 1 fully saturated rings. The van der Waals surface area contributed by atoms with E-state index in [4.69, 9.17) is 4.74 Å². The minimum absolute atomic E-state index is 0.153. The highest BCUT2D eigenvalue weighted by molar-refractivity contribution is 5.76. The lowest BCUT2D eigenvalue weighted by atomic mass is 9.90. The first kappa shape index (κ1) is 17.8. The molecule has 1 aromatic carbocycles. The van der Waals surface area contributed by atoms with Crippen LogP contribution in [-0.2, 0) is 11.2 Å². The van der Waals surface area contributed by atoms with Gasteiger partial charge in [-0.05, 0) is 64.8 Å². The van der Waals surface area contributed by atoms with E-state index in [9.17, 15) is 4.79 Å². The fourth-order valence-electron chi connectivity index (χ4n) is 3.32. The Morgan fingerprint density at radius 1 is 1.30 bits per heavy atom. The van der Waals surface area contributed by atoms with E-state index in [2.05, 4.69) is 24.3 Å². The van der Waals surface area contributed by atoms with E-state index in [-0.39, 0.29) is 5.91 Å². The Labute approximate surface area is 140 Å². The van der Waals surface area contributed by atoms with E-state index in [1.807, 2.05) is 31.2 Å². The topological polar surface area (TPSA) is 41.6 Å². The molecule has 0 aliphatic heterocycles. The van der Waals surface area contributed by atoms with E-state index in [1.54, 1.807) is 0 Å². The van der Waals surface area contributed by atoms with Gasteiger partial charge in [-0.1, -0.05) is 18.2 Å². The van der Waals surface area contributed by atoms with Crippen molar-refractivity contribution in [3.8, 4) is 5.75 Å². The molecule has 0 heterocycles. The number of hydrogen-bond donors (Lipinski definition) is 1. The lowest BCUT2D eigenvalue weighted by molar-refractivity contribution is -0.122. The van der Waals surface area contributed by atoms with Gasteiger partial charge in [0.2, 0.25) is 5.91 Å². The molecule has 2 rings (SSSR count). The van der Waals surface area contributed by atoms with Gasteiger partial charge in [-0.25, -0.2) is 0 Å². The Morgan fingerprint density at radius 3 is 2.83 bits per heavy atom. The molecular weight excluding hydrogens is 288 g/mol. The van der Waals surface area contributed by atoms with Crippen molar-refractivity contribution < 1.29 is 9.53 Å². The molecule has 0 bridgehead atoms. The van der Waals surface area contributed by atoms with E-state index in [0.717, 1.165) is 30.6 Å². The van der Waals surface area contributed by atoms with E-state index in [1.165, 1.54) is 12.8 Å². The Bertz CT molecular complexity index is 502. The van der Waals surface area contributed by atoms with Crippen LogP contribution in [0.1, 0.15) is 44.6 Å². The quantitative estimate of drug-likeness (QED) is 0.840. The smallest absolute Gasteiger partial charge is 0.220 e. The molecule has 0 saturated heterocycles. The van der Waals surface area contributed by atoms with Crippen molar-refractivity contribution in [2.75, 3.05) is 20.7 Å². The standard InChI is InChI=1S/C19H30N2O2/c1-4-23-18-11-6-5-8-15(18)12-13-19(22)20-16-9-7-10-17(14-16)21(2)3/h5-6,8,11,16-17H,4,7,9-10,12-14H2,1-3H3,(H,20,22)/t16-,17+/m1/s1. The van der Waals surface area contributed by atoms with E-state index in [0.29, 0.717) is 25.1 Å². The molecule has 4 heteroatoms. The zero-order chi connectivity index (χ0) is 16.7. The summed E-state index contributed by atoms with van der Waals surface area (Å²) in [4.78, 5) is 14.5. The van der Waals surface area contributed by atoms with Gasteiger partial charge in [0.05, 0.1) is 6.61 Å². The van der Waals surface area contributed by atoms with Gasteiger partial charge in [-0.2, -0.15) is 0 Å². The normalized spacial score (nSPS) is 21.2. The van der Waals surface area contributed by atoms with Gasteiger partial charge in [0.15, 0.2) is 0 Å². The highest BCUT2D eigenvalue weighted by Crippen LogP contribution is 2.22. The van der Waals surface area contributed by atoms with Crippen molar-refractivity contribution in [3.05, 3.63) is 29.8 Å². The summed E-state index contributed by atoms with van der Waals surface area (Å²) in [5, 5.41) is 3.22. The number of para-hydroxylation sites is 1. The lowest BCUT2D eigenvalue weighted by Crippen LogP contribution is -2.43. The van der Waals surface area contributed by atoms with Crippen molar-refractivity contribution >= 4 is 5.91 Å². The van der Waals surface area contributed by atoms with Gasteiger partial charge in [-0.3, -0.25) is 4.79 Å². The van der Waals surface area contributed by atoms with Crippen LogP contribution in [0.2, 0.25) is 0 Å². The van der Waals surface area contributed by atoms with Crippen LogP contribution in [-0.4, -0.2) is 43.6 Å². The van der Waals surface area contributed by atoms with Gasteiger partial charge in [0.25, 0.3) is 0 Å². The van der Waals surface area contributed by atoms with Crippen LogP contribution in [0.5, 0.6) is 5.75 Å². The average molecular weight is 318 g/mol. The molecule has 0 unspecified atom stereocenters. The second kappa shape index (κ2) is 8.92. The first-order valence-electron chi connectivity index (χ1n) is 8.76. The number of carbonyl (C=O) groups is 1. The maximum absolute atomic E-state index is 12.3. The van der Waals surface area contributed by atoms with Crippen LogP contribution in [0.15, 0.2) is 24.3 Å². The van der Waals surface area contributed by atoms with Crippen LogP contribution < -0.4 is 10.1 Å². The molecule has 2 atom stereocenters. The number of benzene rings is 1. The molecule has 1 amide bonds. The molecule has 1 saturated carbocycles. The van der Waals surface area contributed by atoms with Crippen LogP contribution in [0.4, 0.5) is 0 Å². The predicted octanol–water partition coefficient (Wildman–Crippen LogP) is 3.01. The maximum Gasteiger partial charge on any atom is 0.220 e. The molecule has 0 spiro atoms. The average Bonchev–Trinajstić information content (AvgIpc) is 2.54. The highest BCUT2D eigenvalue weighted by atomic mass is 16.5. The molecule has 1 aliphatic carbocycles. The SMILES string of the molecule is CCOc1ccccc1CCC(=O)N[C@@H]1CCC[C@H](N(C)C)C1. The lowest BCUT2D eigenvalue weighted by Gasteiger charge is -2.33. The van der Waals surface area contributed by atoms with Gasteiger partial charge in [0.1, 0.15) is 5.75 Å².